The van der Waals surface area contributed by atoms with E-state index in [0.717, 1.165) is 5.75 Å². The van der Waals surface area contributed by atoms with Crippen LogP contribution in [0.4, 0.5) is 0 Å². The molecule has 0 aliphatic rings. The first-order chi connectivity index (χ1) is 12.5. The minimum atomic E-state index is -0.777. The summed E-state index contributed by atoms with van der Waals surface area (Å²) < 4.78 is 11.3. The molecule has 142 valence electrons. The highest BCUT2D eigenvalue weighted by Gasteiger charge is 2.15. The van der Waals surface area contributed by atoms with E-state index in [4.69, 9.17) is 9.47 Å². The minimum absolute atomic E-state index is 0.0233. The summed E-state index contributed by atoms with van der Waals surface area (Å²) in [6, 6.07) is 9.41. The predicted octanol–water partition coefficient (Wildman–Crippen LogP) is 1.13. The molecule has 0 saturated heterocycles. The van der Waals surface area contributed by atoms with Crippen LogP contribution >= 0.6 is 0 Å². The van der Waals surface area contributed by atoms with Crippen molar-refractivity contribution in [1.29, 1.82) is 0 Å². The number of rotatable bonds is 10. The van der Waals surface area contributed by atoms with Gasteiger partial charge in [-0.1, -0.05) is 18.2 Å². The summed E-state index contributed by atoms with van der Waals surface area (Å²) >= 11 is 0. The first kappa shape index (κ1) is 20.1. The topological polar surface area (TPSA) is 104 Å². The Bertz CT molecular complexity index is 681. The molecule has 2 atom stereocenters. The van der Waals surface area contributed by atoms with Gasteiger partial charge in [0.05, 0.1) is 18.9 Å². The van der Waals surface area contributed by atoms with Crippen LogP contribution in [-0.2, 0) is 13.2 Å². The summed E-state index contributed by atoms with van der Waals surface area (Å²) in [5.74, 6) is 1.14. The number of nitrogens with one attached hydrogen (secondary N) is 1. The van der Waals surface area contributed by atoms with Crippen LogP contribution in [0.3, 0.4) is 0 Å². The van der Waals surface area contributed by atoms with Gasteiger partial charge in [-0.2, -0.15) is 0 Å². The van der Waals surface area contributed by atoms with Gasteiger partial charge in [0.1, 0.15) is 30.4 Å². The second-order valence-electron chi connectivity index (χ2n) is 5.94. The van der Waals surface area contributed by atoms with Crippen LogP contribution in [0, 0.1) is 6.92 Å². The van der Waals surface area contributed by atoms with Gasteiger partial charge >= 0.3 is 0 Å². The lowest BCUT2D eigenvalue weighted by Crippen LogP contribution is -2.39. The smallest absolute Gasteiger partial charge is 0.147 e. The molecule has 1 aromatic carbocycles. The van der Waals surface area contributed by atoms with Gasteiger partial charge in [0, 0.05) is 23.9 Å². The average Bonchev–Trinajstić information content (AvgIpc) is 2.65. The average molecular weight is 362 g/mol. The van der Waals surface area contributed by atoms with Crippen LogP contribution < -0.4 is 14.8 Å². The van der Waals surface area contributed by atoms with Crippen LogP contribution in [0.2, 0.25) is 0 Å². The number of nitrogens with zero attached hydrogens (tertiary/aromatic N) is 1. The lowest BCUT2D eigenvalue weighted by molar-refractivity contribution is 0.0851. The summed E-state index contributed by atoms with van der Waals surface area (Å²) in [7, 11) is 0. The van der Waals surface area contributed by atoms with E-state index in [9.17, 15) is 15.3 Å². The number of aliphatic hydroxyl groups excluding tert-OH is 3. The Kier molecular flexibility index (Phi) is 7.80. The third kappa shape index (κ3) is 5.67. The Hall–Kier alpha value is -2.19. The number of aromatic nitrogens is 1. The van der Waals surface area contributed by atoms with Crippen molar-refractivity contribution < 1.29 is 24.8 Å². The van der Waals surface area contributed by atoms with Crippen molar-refractivity contribution in [3.63, 3.8) is 0 Å². The Morgan fingerprint density at radius 1 is 1.15 bits per heavy atom. The monoisotopic (exact) mass is 362 g/mol. The molecular formula is C19H26N2O5. The molecular weight excluding hydrogens is 336 g/mol. The van der Waals surface area contributed by atoms with Crippen LogP contribution in [0.1, 0.15) is 23.7 Å². The van der Waals surface area contributed by atoms with Crippen molar-refractivity contribution in [3.05, 3.63) is 53.3 Å². The Morgan fingerprint density at radius 2 is 1.88 bits per heavy atom. The zero-order valence-corrected chi connectivity index (χ0v) is 15.1. The maximum absolute atomic E-state index is 10.1. The molecule has 7 heteroatoms. The second-order valence-corrected chi connectivity index (χ2v) is 5.94. The molecule has 0 spiro atoms. The highest BCUT2D eigenvalue weighted by molar-refractivity contribution is 5.41. The number of pyridine rings is 1. The number of hydrogen-bond acceptors (Lipinski definition) is 7. The van der Waals surface area contributed by atoms with Crippen molar-refractivity contribution in [2.24, 2.45) is 0 Å². The normalized spacial score (nSPS) is 13.3. The van der Waals surface area contributed by atoms with E-state index < -0.39 is 6.10 Å². The van der Waals surface area contributed by atoms with E-state index >= 15 is 0 Å². The summed E-state index contributed by atoms with van der Waals surface area (Å²) in [6.07, 6.45) is 0.454. The molecule has 1 aromatic heterocycles. The van der Waals surface area contributed by atoms with Crippen molar-refractivity contribution in [3.8, 4) is 11.5 Å². The fourth-order valence-electron chi connectivity index (χ4n) is 2.46. The maximum Gasteiger partial charge on any atom is 0.147 e. The summed E-state index contributed by atoms with van der Waals surface area (Å²) in [4.78, 5) is 4.14. The minimum Gasteiger partial charge on any atom is -0.489 e. The molecule has 2 unspecified atom stereocenters. The molecule has 2 aromatic rings. The van der Waals surface area contributed by atoms with Crippen LogP contribution in [0.5, 0.6) is 11.5 Å². The molecule has 26 heavy (non-hydrogen) atoms. The van der Waals surface area contributed by atoms with E-state index in [2.05, 4.69) is 10.3 Å². The number of para-hydroxylation sites is 1. The second kappa shape index (κ2) is 10.1. The molecule has 1 heterocycles. The molecule has 0 saturated carbocycles. The zero-order valence-electron chi connectivity index (χ0n) is 15.1. The fraction of sp³-hybridized carbons (Fsp3) is 0.421. The number of aliphatic hydroxyl groups is 3. The number of benzene rings is 1. The molecule has 4 N–H and O–H groups in total. The van der Waals surface area contributed by atoms with Gasteiger partial charge in [0.15, 0.2) is 0 Å². The van der Waals surface area contributed by atoms with E-state index in [1.165, 1.54) is 6.20 Å². The van der Waals surface area contributed by atoms with Gasteiger partial charge in [0.2, 0.25) is 0 Å². The van der Waals surface area contributed by atoms with Crippen LogP contribution in [0.25, 0.3) is 0 Å². The van der Waals surface area contributed by atoms with Gasteiger partial charge < -0.3 is 24.8 Å². The van der Waals surface area contributed by atoms with Crippen LogP contribution in [0.15, 0.2) is 36.5 Å². The van der Waals surface area contributed by atoms with Crippen molar-refractivity contribution in [2.45, 2.75) is 39.4 Å². The highest BCUT2D eigenvalue weighted by atomic mass is 16.5. The lowest BCUT2D eigenvalue weighted by Gasteiger charge is -2.20. The Morgan fingerprint density at radius 3 is 2.54 bits per heavy atom. The van der Waals surface area contributed by atoms with Gasteiger partial charge in [-0.25, -0.2) is 0 Å². The SMILES string of the molecule is Cc1ncc(CO)c(CO)c1OCC(O)CNC(C)Oc1ccccc1. The summed E-state index contributed by atoms with van der Waals surface area (Å²) in [6.45, 7) is 3.38. The van der Waals surface area contributed by atoms with Gasteiger partial charge in [0.25, 0.3) is 0 Å². The molecule has 2 rings (SSSR count). The molecule has 0 aliphatic heterocycles. The first-order valence-electron chi connectivity index (χ1n) is 8.50. The van der Waals surface area contributed by atoms with Crippen LogP contribution in [-0.4, -0.2) is 45.8 Å². The van der Waals surface area contributed by atoms with Crippen molar-refractivity contribution in [1.82, 2.24) is 10.3 Å². The van der Waals surface area contributed by atoms with Gasteiger partial charge in [-0.15, -0.1) is 0 Å². The third-order valence-electron chi connectivity index (χ3n) is 3.85. The third-order valence-corrected chi connectivity index (χ3v) is 3.85. The maximum atomic E-state index is 10.1. The zero-order chi connectivity index (χ0) is 18.9. The van der Waals surface area contributed by atoms with Gasteiger partial charge in [-0.05, 0) is 26.0 Å². The number of aryl methyl sites for hydroxylation is 1. The molecule has 0 aliphatic carbocycles. The van der Waals surface area contributed by atoms with E-state index in [0.29, 0.717) is 22.6 Å². The lowest BCUT2D eigenvalue weighted by atomic mass is 10.1. The Labute approximate surface area is 153 Å². The standard InChI is InChI=1S/C19H26N2O5/c1-13-19(18(11-23)15(10-22)8-20-13)25-12-16(24)9-21-14(2)26-17-6-4-3-5-7-17/h3-8,14,16,21-24H,9-12H2,1-2H3. The fourth-order valence-corrected chi connectivity index (χ4v) is 2.46. The van der Waals surface area contributed by atoms with Crippen molar-refractivity contribution >= 4 is 0 Å². The summed E-state index contributed by atoms with van der Waals surface area (Å²) in [5.41, 5.74) is 1.58. The molecule has 0 fully saturated rings. The molecule has 0 amide bonds. The highest BCUT2D eigenvalue weighted by Crippen LogP contribution is 2.25. The molecule has 0 radical (unpaired) electrons. The first-order valence-corrected chi connectivity index (χ1v) is 8.50. The van der Waals surface area contributed by atoms with Crippen molar-refractivity contribution in [2.75, 3.05) is 13.2 Å². The quantitative estimate of drug-likeness (QED) is 0.470. The van der Waals surface area contributed by atoms with E-state index in [1.54, 1.807) is 6.92 Å². The Balaban J connectivity index is 1.84. The molecule has 0 bridgehead atoms. The largest absolute Gasteiger partial charge is 0.489 e. The molecule has 7 nitrogen and oxygen atoms in total. The van der Waals surface area contributed by atoms with E-state index in [-0.39, 0.29) is 32.6 Å². The van der Waals surface area contributed by atoms with E-state index in [1.807, 2.05) is 37.3 Å². The van der Waals surface area contributed by atoms with Gasteiger partial charge in [-0.3, -0.25) is 10.3 Å². The summed E-state index contributed by atoms with van der Waals surface area (Å²) in [5, 5.41) is 32.1. The predicted molar refractivity (Wildman–Crippen MR) is 96.9 cm³/mol. The number of ether oxygens (including phenoxy) is 2. The number of hydrogen-bond donors (Lipinski definition) is 4.